The Kier molecular flexibility index (Phi) is 3.78. The van der Waals surface area contributed by atoms with Crippen molar-refractivity contribution in [3.8, 4) is 0 Å². The average molecular weight is 280 g/mol. The number of nitrogens with one attached hydrogen (secondary N) is 1. The van der Waals surface area contributed by atoms with E-state index in [0.717, 1.165) is 16.9 Å². The number of benzene rings is 1. The Balaban J connectivity index is 2.31. The van der Waals surface area contributed by atoms with Crippen molar-refractivity contribution in [2.24, 2.45) is 0 Å². The lowest BCUT2D eigenvalue weighted by Gasteiger charge is -1.99. The summed E-state index contributed by atoms with van der Waals surface area (Å²) in [5.41, 5.74) is 1.99. The Labute approximate surface area is 111 Å². The molecule has 0 aliphatic heterocycles. The zero-order valence-electron chi connectivity index (χ0n) is 9.56. The lowest BCUT2D eigenvalue weighted by atomic mass is 10.1. The van der Waals surface area contributed by atoms with Crippen LogP contribution in [0.1, 0.15) is 26.5 Å². The van der Waals surface area contributed by atoms with Gasteiger partial charge in [-0.05, 0) is 6.92 Å². The van der Waals surface area contributed by atoms with Gasteiger partial charge in [-0.15, -0.1) is 0 Å². The lowest BCUT2D eigenvalue weighted by Crippen LogP contribution is -2.00. The first-order valence-corrected chi connectivity index (χ1v) is 6.92. The molecule has 0 aliphatic rings. The topological polar surface area (TPSA) is 67.0 Å². The fraction of sp³-hybridized carbons (Fsp3) is 0.167. The summed E-state index contributed by atoms with van der Waals surface area (Å²) in [7, 11) is 0. The average Bonchev–Trinajstić information content (AvgIpc) is 2.69. The van der Waals surface area contributed by atoms with E-state index < -0.39 is 0 Å². The van der Waals surface area contributed by atoms with Crippen molar-refractivity contribution >= 4 is 28.8 Å². The van der Waals surface area contributed by atoms with Crippen LogP contribution in [0.2, 0.25) is 0 Å². The molecule has 6 heteroatoms. The molecular weight excluding hydrogens is 270 g/mol. The molecular formula is C12H10NO3S2+. The largest absolute Gasteiger partial charge is 0.463 e. The summed E-state index contributed by atoms with van der Waals surface area (Å²) in [4.78, 5) is 26.1. The maximum atomic E-state index is 12.1. The highest BCUT2D eigenvalue weighted by Gasteiger charge is 2.15. The maximum Gasteiger partial charge on any atom is 0.463 e. The molecule has 0 saturated carbocycles. The van der Waals surface area contributed by atoms with E-state index in [0.29, 0.717) is 33.6 Å². The van der Waals surface area contributed by atoms with Gasteiger partial charge >= 0.3 is 16.5 Å². The van der Waals surface area contributed by atoms with E-state index in [1.54, 1.807) is 31.2 Å². The maximum absolute atomic E-state index is 12.1. The van der Waals surface area contributed by atoms with Crippen LogP contribution >= 0.6 is 11.3 Å². The zero-order valence-corrected chi connectivity index (χ0v) is 11.2. The highest BCUT2D eigenvalue weighted by molar-refractivity contribution is 7.64. The Hall–Kier alpha value is -1.66. The Morgan fingerprint density at radius 2 is 2.00 bits per heavy atom. The van der Waals surface area contributed by atoms with Crippen molar-refractivity contribution in [3.63, 3.8) is 0 Å². The van der Waals surface area contributed by atoms with Gasteiger partial charge < -0.3 is 4.98 Å². The van der Waals surface area contributed by atoms with Crippen LogP contribution in [0.5, 0.6) is 0 Å². The number of carbonyl (C=O) groups is 1. The normalized spacial score (nSPS) is 10.3. The molecule has 0 aliphatic carbocycles. The molecule has 1 aromatic heterocycles. The van der Waals surface area contributed by atoms with E-state index in [2.05, 4.69) is 4.98 Å². The van der Waals surface area contributed by atoms with Gasteiger partial charge in [0.2, 0.25) is 5.78 Å². The van der Waals surface area contributed by atoms with Crippen molar-refractivity contribution in [2.75, 3.05) is 0 Å². The third-order valence-corrected chi connectivity index (χ3v) is 3.91. The fourth-order valence-electron chi connectivity index (χ4n) is 1.57. The molecule has 1 N–H and O–H groups in total. The van der Waals surface area contributed by atoms with E-state index in [-0.39, 0.29) is 10.7 Å². The van der Waals surface area contributed by atoms with Gasteiger partial charge in [0.15, 0.2) is 0 Å². The molecule has 1 aromatic carbocycles. The first kappa shape index (κ1) is 12.8. The monoisotopic (exact) mass is 280 g/mol. The Morgan fingerprint density at radius 3 is 2.50 bits per heavy atom. The molecule has 0 fully saturated rings. The molecule has 0 spiro atoms. The van der Waals surface area contributed by atoms with Crippen molar-refractivity contribution in [1.82, 2.24) is 4.98 Å². The highest BCUT2D eigenvalue weighted by atomic mass is 32.1. The molecule has 2 rings (SSSR count). The summed E-state index contributed by atoms with van der Waals surface area (Å²) in [6.07, 6.45) is 0. The third kappa shape index (κ3) is 2.60. The van der Waals surface area contributed by atoms with Crippen molar-refractivity contribution < 1.29 is 9.00 Å². The smallest absolute Gasteiger partial charge is 0.316 e. The molecule has 2 aromatic rings. The van der Waals surface area contributed by atoms with Crippen LogP contribution in [0.15, 0.2) is 29.1 Å². The van der Waals surface area contributed by atoms with Gasteiger partial charge in [-0.1, -0.05) is 35.6 Å². The minimum atomic E-state index is -0.227. The fourth-order valence-corrected chi connectivity index (χ4v) is 2.71. The molecule has 0 bridgehead atoms. The van der Waals surface area contributed by atoms with Gasteiger partial charge in [-0.2, -0.15) is 0 Å². The standard InChI is InChI=1S/C12H9NO3S2/c1-7-11(18-12(15)13-7)10(14)9-4-2-8(3-5-9)6-17-16/h2-5H,6H2,1H3/p+1. The van der Waals surface area contributed by atoms with Crippen LogP contribution in [0.3, 0.4) is 0 Å². The molecule has 0 unspecified atom stereocenters. The molecule has 0 radical (unpaired) electrons. The van der Waals surface area contributed by atoms with Crippen LogP contribution in [-0.4, -0.2) is 10.8 Å². The van der Waals surface area contributed by atoms with Crippen molar-refractivity contribution in [1.29, 1.82) is 0 Å². The number of thiazole rings is 1. The predicted molar refractivity (Wildman–Crippen MR) is 71.3 cm³/mol. The summed E-state index contributed by atoms with van der Waals surface area (Å²) < 4.78 is 10.4. The van der Waals surface area contributed by atoms with E-state index in [1.165, 1.54) is 0 Å². The Bertz CT molecular complexity index is 640. The molecule has 0 atom stereocenters. The van der Waals surface area contributed by atoms with Crippen molar-refractivity contribution in [3.05, 3.63) is 55.6 Å². The number of aromatic nitrogens is 1. The number of H-pyrrole nitrogens is 1. The van der Waals surface area contributed by atoms with Gasteiger partial charge in [0, 0.05) is 21.0 Å². The molecule has 4 nitrogen and oxygen atoms in total. The van der Waals surface area contributed by atoms with Gasteiger partial charge in [0.05, 0.1) is 4.88 Å². The third-order valence-electron chi connectivity index (χ3n) is 2.47. The van der Waals surface area contributed by atoms with Crippen LogP contribution < -0.4 is 4.87 Å². The second-order valence-electron chi connectivity index (χ2n) is 3.76. The lowest BCUT2D eigenvalue weighted by molar-refractivity contribution is 0.104. The van der Waals surface area contributed by atoms with Crippen LogP contribution in [0.25, 0.3) is 0 Å². The zero-order chi connectivity index (χ0) is 13.1. The molecule has 0 saturated heterocycles. The number of hydrogen-bond acceptors (Lipinski definition) is 4. The minimum Gasteiger partial charge on any atom is -0.316 e. The summed E-state index contributed by atoms with van der Waals surface area (Å²) in [5.74, 6) is 0.211. The quantitative estimate of drug-likeness (QED) is 0.687. The number of hydrogen-bond donors (Lipinski definition) is 1. The van der Waals surface area contributed by atoms with E-state index in [1.807, 2.05) is 0 Å². The second-order valence-corrected chi connectivity index (χ2v) is 5.26. The predicted octanol–water partition coefficient (Wildman–Crippen LogP) is 1.90. The van der Waals surface area contributed by atoms with Gasteiger partial charge in [0.1, 0.15) is 0 Å². The number of carbonyl (C=O) groups excluding carboxylic acids is 1. The number of aryl methyl sites for hydroxylation is 1. The van der Waals surface area contributed by atoms with E-state index in [9.17, 15) is 13.8 Å². The summed E-state index contributed by atoms with van der Waals surface area (Å²) >= 11 is 1.41. The molecule has 92 valence electrons. The van der Waals surface area contributed by atoms with Crippen molar-refractivity contribution in [2.45, 2.75) is 12.7 Å². The summed E-state index contributed by atoms with van der Waals surface area (Å²) in [6.45, 7) is 1.70. The van der Waals surface area contributed by atoms with Crippen LogP contribution in [0.4, 0.5) is 0 Å². The molecule has 18 heavy (non-hydrogen) atoms. The SMILES string of the molecule is Cc1[nH]c(=O)sc1C(=O)c1ccc(C[S+]=O)cc1. The first-order chi connectivity index (χ1) is 8.61. The van der Waals surface area contributed by atoms with E-state index in [4.69, 9.17) is 0 Å². The summed E-state index contributed by atoms with van der Waals surface area (Å²) in [6, 6.07) is 6.86. The summed E-state index contributed by atoms with van der Waals surface area (Å²) in [5, 5.41) is 0. The van der Waals surface area contributed by atoms with E-state index >= 15 is 0 Å². The number of rotatable bonds is 4. The van der Waals surface area contributed by atoms with Gasteiger partial charge in [-0.25, -0.2) is 0 Å². The van der Waals surface area contributed by atoms with Crippen LogP contribution in [0, 0.1) is 6.92 Å². The highest BCUT2D eigenvalue weighted by Crippen LogP contribution is 2.15. The molecule has 1 heterocycles. The Morgan fingerprint density at radius 1 is 1.33 bits per heavy atom. The first-order valence-electron chi connectivity index (χ1n) is 5.20. The van der Waals surface area contributed by atoms with Crippen LogP contribution in [-0.2, 0) is 21.6 Å². The van der Waals surface area contributed by atoms with Gasteiger partial charge in [-0.3, -0.25) is 9.59 Å². The minimum absolute atomic E-state index is 0.169. The number of aromatic amines is 1. The second kappa shape index (κ2) is 5.32. The molecule has 0 amide bonds. The number of ketones is 1. The van der Waals surface area contributed by atoms with Gasteiger partial charge in [0.25, 0.3) is 5.75 Å².